The fourth-order valence-corrected chi connectivity index (χ4v) is 1.69. The van der Waals surface area contributed by atoms with Gasteiger partial charge >= 0.3 is 0 Å². The van der Waals surface area contributed by atoms with E-state index in [0.29, 0.717) is 0 Å². The minimum Gasteiger partial charge on any atom is -0.0840 e. The Balaban J connectivity index is 3.68. The Morgan fingerprint density at radius 1 is 1.19 bits per heavy atom. The van der Waals surface area contributed by atoms with Gasteiger partial charge in [-0.1, -0.05) is 76.5 Å². The van der Waals surface area contributed by atoms with Gasteiger partial charge in [-0.2, -0.15) is 0 Å². The fraction of sp³-hybridized carbons (Fsp3) is 0.625. The highest BCUT2D eigenvalue weighted by Crippen LogP contribution is 2.15. The van der Waals surface area contributed by atoms with Gasteiger partial charge in [0.1, 0.15) is 0 Å². The van der Waals surface area contributed by atoms with Crippen LogP contribution in [0.15, 0.2) is 29.9 Å². The minimum atomic E-state index is 0.796. The second kappa shape index (κ2) is 9.45. The van der Waals surface area contributed by atoms with E-state index in [1.165, 1.54) is 31.3 Å². The Morgan fingerprint density at radius 2 is 1.88 bits per heavy atom. The van der Waals surface area contributed by atoms with Crippen LogP contribution in [0.1, 0.15) is 53.4 Å². The predicted octanol–water partition coefficient (Wildman–Crippen LogP) is 5.33. The van der Waals surface area contributed by atoms with Gasteiger partial charge in [-0.25, -0.2) is 0 Å². The molecular formula is C16H27. The summed E-state index contributed by atoms with van der Waals surface area (Å²) in [5.74, 6) is 1.64. The molecule has 0 fully saturated rings. The smallest absolute Gasteiger partial charge is 0.0322 e. The number of allylic oxidation sites excluding steroid dienone is 5. The van der Waals surface area contributed by atoms with Gasteiger partial charge in [0, 0.05) is 0 Å². The summed E-state index contributed by atoms with van der Waals surface area (Å²) in [6.07, 6.45) is 13.2. The van der Waals surface area contributed by atoms with Crippen LogP contribution in [-0.2, 0) is 0 Å². The van der Waals surface area contributed by atoms with Crippen LogP contribution in [0.5, 0.6) is 0 Å². The van der Waals surface area contributed by atoms with Crippen molar-refractivity contribution in [1.82, 2.24) is 0 Å². The van der Waals surface area contributed by atoms with Crippen LogP contribution < -0.4 is 0 Å². The van der Waals surface area contributed by atoms with Crippen molar-refractivity contribution in [3.63, 3.8) is 0 Å². The van der Waals surface area contributed by atoms with Crippen LogP contribution in [0, 0.1) is 18.4 Å². The van der Waals surface area contributed by atoms with E-state index in [4.69, 9.17) is 6.58 Å². The standard InChI is InChI=1S/C16H27/c1-6-9-15(4)12-8-13-16(5)11-7-10-14(2)3/h1,6,8-9,12,14,16H,7,10-11,13H2,2-5H3. The summed E-state index contributed by atoms with van der Waals surface area (Å²) >= 11 is 0. The van der Waals surface area contributed by atoms with E-state index in [1.54, 1.807) is 6.08 Å². The van der Waals surface area contributed by atoms with Gasteiger partial charge in [0.05, 0.1) is 0 Å². The van der Waals surface area contributed by atoms with E-state index in [2.05, 4.69) is 39.8 Å². The van der Waals surface area contributed by atoms with Crippen molar-refractivity contribution >= 4 is 0 Å². The monoisotopic (exact) mass is 219 g/mol. The lowest BCUT2D eigenvalue weighted by atomic mass is 9.97. The fourth-order valence-electron chi connectivity index (χ4n) is 1.69. The van der Waals surface area contributed by atoms with Gasteiger partial charge in [0.25, 0.3) is 0 Å². The zero-order valence-corrected chi connectivity index (χ0v) is 11.4. The molecular weight excluding hydrogens is 192 g/mol. The molecule has 91 valence electrons. The molecule has 0 aliphatic carbocycles. The highest BCUT2D eigenvalue weighted by Gasteiger charge is 2.00. The lowest BCUT2D eigenvalue weighted by Gasteiger charge is -2.09. The van der Waals surface area contributed by atoms with Crippen molar-refractivity contribution in [2.45, 2.75) is 53.4 Å². The molecule has 0 bridgehead atoms. The molecule has 1 atom stereocenters. The van der Waals surface area contributed by atoms with E-state index in [-0.39, 0.29) is 0 Å². The quantitative estimate of drug-likeness (QED) is 0.484. The van der Waals surface area contributed by atoms with Crippen LogP contribution >= 0.6 is 0 Å². The summed E-state index contributed by atoms with van der Waals surface area (Å²) in [5, 5.41) is 0. The summed E-state index contributed by atoms with van der Waals surface area (Å²) in [6, 6.07) is 0. The zero-order chi connectivity index (χ0) is 12.4. The van der Waals surface area contributed by atoms with E-state index >= 15 is 0 Å². The van der Waals surface area contributed by atoms with Gasteiger partial charge in [0.2, 0.25) is 0 Å². The molecule has 0 aromatic rings. The Hall–Kier alpha value is -0.780. The van der Waals surface area contributed by atoms with Crippen molar-refractivity contribution in [3.8, 4) is 0 Å². The molecule has 0 aliphatic heterocycles. The Morgan fingerprint density at radius 3 is 2.44 bits per heavy atom. The predicted molar refractivity (Wildman–Crippen MR) is 74.2 cm³/mol. The maximum absolute atomic E-state index is 5.32. The Kier molecular flexibility index (Phi) is 8.99. The molecule has 0 aromatic carbocycles. The third-order valence-electron chi connectivity index (χ3n) is 2.76. The van der Waals surface area contributed by atoms with E-state index in [0.717, 1.165) is 11.8 Å². The Labute approximate surface area is 102 Å². The van der Waals surface area contributed by atoms with Crippen molar-refractivity contribution < 1.29 is 0 Å². The number of hydrogen-bond donors (Lipinski definition) is 0. The van der Waals surface area contributed by atoms with Gasteiger partial charge in [-0.05, 0) is 25.2 Å². The zero-order valence-electron chi connectivity index (χ0n) is 11.4. The van der Waals surface area contributed by atoms with E-state index < -0.39 is 0 Å². The Bertz CT molecular complexity index is 230. The van der Waals surface area contributed by atoms with Crippen molar-refractivity contribution in [2.75, 3.05) is 0 Å². The normalized spacial score (nSPS) is 14.7. The second-order valence-electron chi connectivity index (χ2n) is 5.17. The third-order valence-corrected chi connectivity index (χ3v) is 2.76. The average molecular weight is 219 g/mol. The molecule has 1 radical (unpaired) electrons. The summed E-state index contributed by atoms with van der Waals surface area (Å²) in [4.78, 5) is 0. The van der Waals surface area contributed by atoms with Gasteiger partial charge in [-0.3, -0.25) is 0 Å². The second-order valence-corrected chi connectivity index (χ2v) is 5.17. The molecule has 0 saturated heterocycles. The van der Waals surface area contributed by atoms with Gasteiger partial charge in [0.15, 0.2) is 0 Å². The lowest BCUT2D eigenvalue weighted by molar-refractivity contribution is 0.461. The SMILES string of the molecule is [CH]=CC=C(C)C=CCC(C)CCCC(C)C. The summed E-state index contributed by atoms with van der Waals surface area (Å²) < 4.78 is 0. The topological polar surface area (TPSA) is 0 Å². The minimum absolute atomic E-state index is 0.796. The largest absolute Gasteiger partial charge is 0.0840 e. The van der Waals surface area contributed by atoms with Crippen molar-refractivity contribution in [2.24, 2.45) is 11.8 Å². The first-order valence-corrected chi connectivity index (χ1v) is 6.44. The molecule has 0 N–H and O–H groups in total. The highest BCUT2D eigenvalue weighted by atomic mass is 14.1. The molecule has 0 spiro atoms. The molecule has 0 aliphatic rings. The van der Waals surface area contributed by atoms with Gasteiger partial charge in [-0.15, -0.1) is 0 Å². The van der Waals surface area contributed by atoms with Crippen LogP contribution in [-0.4, -0.2) is 0 Å². The molecule has 0 heteroatoms. The molecule has 0 heterocycles. The molecule has 0 aromatic heterocycles. The molecule has 16 heavy (non-hydrogen) atoms. The van der Waals surface area contributed by atoms with Crippen molar-refractivity contribution in [3.05, 3.63) is 36.5 Å². The van der Waals surface area contributed by atoms with E-state index in [1.807, 2.05) is 6.08 Å². The average Bonchev–Trinajstić information content (AvgIpc) is 2.17. The molecule has 0 saturated carbocycles. The van der Waals surface area contributed by atoms with Crippen molar-refractivity contribution in [1.29, 1.82) is 0 Å². The maximum Gasteiger partial charge on any atom is -0.0322 e. The van der Waals surface area contributed by atoms with Crippen LogP contribution in [0.25, 0.3) is 0 Å². The van der Waals surface area contributed by atoms with Crippen LogP contribution in [0.4, 0.5) is 0 Å². The maximum atomic E-state index is 5.32. The first-order valence-electron chi connectivity index (χ1n) is 6.44. The van der Waals surface area contributed by atoms with Crippen LogP contribution in [0.3, 0.4) is 0 Å². The van der Waals surface area contributed by atoms with Gasteiger partial charge < -0.3 is 0 Å². The van der Waals surface area contributed by atoms with E-state index in [9.17, 15) is 0 Å². The molecule has 0 rings (SSSR count). The number of rotatable bonds is 8. The first-order chi connectivity index (χ1) is 7.56. The third kappa shape index (κ3) is 9.76. The van der Waals surface area contributed by atoms with Crippen LogP contribution in [0.2, 0.25) is 0 Å². The molecule has 0 nitrogen and oxygen atoms in total. The molecule has 0 amide bonds. The first kappa shape index (κ1) is 15.2. The summed E-state index contributed by atoms with van der Waals surface area (Å²) in [6.45, 7) is 14.3. The number of hydrogen-bond acceptors (Lipinski definition) is 0. The molecule has 1 unspecified atom stereocenters. The summed E-state index contributed by atoms with van der Waals surface area (Å²) in [7, 11) is 0. The lowest BCUT2D eigenvalue weighted by Crippen LogP contribution is -1.95. The summed E-state index contributed by atoms with van der Waals surface area (Å²) in [5.41, 5.74) is 1.22. The highest BCUT2D eigenvalue weighted by molar-refractivity contribution is 5.19.